The van der Waals surface area contributed by atoms with E-state index in [9.17, 15) is 4.79 Å². The molecule has 1 aliphatic rings. The van der Waals surface area contributed by atoms with Gasteiger partial charge in [0.1, 0.15) is 5.69 Å². The summed E-state index contributed by atoms with van der Waals surface area (Å²) in [5.74, 6) is 0.0368. The molecular formula is C13H21N3O2. The number of ether oxygens (including phenoxy) is 1. The fourth-order valence-electron chi connectivity index (χ4n) is 2.07. The molecule has 18 heavy (non-hydrogen) atoms. The third-order valence-corrected chi connectivity index (χ3v) is 3.22. The summed E-state index contributed by atoms with van der Waals surface area (Å²) in [6.45, 7) is 1.37. The van der Waals surface area contributed by atoms with Gasteiger partial charge in [-0.25, -0.2) is 0 Å². The Labute approximate surface area is 108 Å². The van der Waals surface area contributed by atoms with E-state index < -0.39 is 0 Å². The lowest BCUT2D eigenvalue weighted by atomic mass is 10.3. The number of carbonyl (C=O) groups excluding carboxylic acids is 1. The number of hydrogen-bond donors (Lipinski definition) is 1. The smallest absolute Gasteiger partial charge is 0.270 e. The molecule has 5 heteroatoms. The molecule has 0 aliphatic heterocycles. The Bertz CT molecular complexity index is 424. The molecule has 1 amide bonds. The number of nitrogens with zero attached hydrogens (tertiary/aromatic N) is 2. The lowest BCUT2D eigenvalue weighted by molar-refractivity contribution is 0.0768. The zero-order valence-electron chi connectivity index (χ0n) is 11.1. The predicted molar refractivity (Wildman–Crippen MR) is 70.6 cm³/mol. The van der Waals surface area contributed by atoms with Gasteiger partial charge in [-0.15, -0.1) is 0 Å². The molecule has 1 fully saturated rings. The van der Waals surface area contributed by atoms with Crippen molar-refractivity contribution in [1.29, 1.82) is 0 Å². The molecule has 5 nitrogen and oxygen atoms in total. The van der Waals surface area contributed by atoms with Gasteiger partial charge in [0.15, 0.2) is 0 Å². The Balaban J connectivity index is 2.03. The number of hydrogen-bond acceptors (Lipinski definition) is 3. The highest BCUT2D eigenvalue weighted by Crippen LogP contribution is 2.37. The van der Waals surface area contributed by atoms with Crippen molar-refractivity contribution in [3.63, 3.8) is 0 Å². The molecule has 2 N–H and O–H groups in total. The van der Waals surface area contributed by atoms with Gasteiger partial charge < -0.3 is 19.9 Å². The predicted octanol–water partition coefficient (Wildman–Crippen LogP) is 1.51. The van der Waals surface area contributed by atoms with E-state index in [1.54, 1.807) is 18.1 Å². The summed E-state index contributed by atoms with van der Waals surface area (Å²) < 4.78 is 7.01. The second-order valence-corrected chi connectivity index (χ2v) is 4.87. The van der Waals surface area contributed by atoms with Gasteiger partial charge >= 0.3 is 0 Å². The summed E-state index contributed by atoms with van der Waals surface area (Å²) in [5.41, 5.74) is 7.16. The van der Waals surface area contributed by atoms with Gasteiger partial charge in [0, 0.05) is 39.5 Å². The number of methoxy groups -OCH3 is 1. The Kier molecular flexibility index (Phi) is 3.91. The molecule has 0 unspecified atom stereocenters. The molecule has 100 valence electrons. The highest BCUT2D eigenvalue weighted by molar-refractivity contribution is 5.93. The standard InChI is InChI=1S/C13H21N3O2/c1-15(6-3-7-18-2)13(17)12-8-10(14)9-16(12)11-4-5-11/h8-9,11H,3-7,14H2,1-2H3. The van der Waals surface area contributed by atoms with Crippen molar-refractivity contribution in [2.24, 2.45) is 0 Å². The average molecular weight is 251 g/mol. The van der Waals surface area contributed by atoms with Gasteiger partial charge in [-0.2, -0.15) is 0 Å². The van der Waals surface area contributed by atoms with Gasteiger partial charge in [0.05, 0.1) is 5.69 Å². The largest absolute Gasteiger partial charge is 0.397 e. The number of nitrogens with two attached hydrogens (primary N) is 1. The van der Waals surface area contributed by atoms with Crippen LogP contribution < -0.4 is 5.73 Å². The van der Waals surface area contributed by atoms with Crippen molar-refractivity contribution in [1.82, 2.24) is 9.47 Å². The van der Waals surface area contributed by atoms with Crippen molar-refractivity contribution in [2.45, 2.75) is 25.3 Å². The van der Waals surface area contributed by atoms with E-state index in [1.165, 1.54) is 0 Å². The fraction of sp³-hybridized carbons (Fsp3) is 0.615. The van der Waals surface area contributed by atoms with Crippen LogP contribution in [0.2, 0.25) is 0 Å². The number of aromatic nitrogens is 1. The molecule has 0 atom stereocenters. The molecule has 0 spiro atoms. The minimum atomic E-state index is 0.0368. The van der Waals surface area contributed by atoms with Crippen LogP contribution in [0.4, 0.5) is 5.69 Å². The topological polar surface area (TPSA) is 60.5 Å². The molecule has 0 aromatic carbocycles. The Morgan fingerprint density at radius 3 is 2.94 bits per heavy atom. The van der Waals surface area contributed by atoms with Gasteiger partial charge in [0.2, 0.25) is 0 Å². The van der Waals surface area contributed by atoms with Crippen molar-refractivity contribution in [3.05, 3.63) is 18.0 Å². The zero-order chi connectivity index (χ0) is 13.1. The number of amides is 1. The monoisotopic (exact) mass is 251 g/mol. The molecule has 1 saturated carbocycles. The van der Waals surface area contributed by atoms with Crippen LogP contribution >= 0.6 is 0 Å². The molecule has 0 saturated heterocycles. The molecular weight excluding hydrogens is 230 g/mol. The molecule has 1 heterocycles. The maximum atomic E-state index is 12.3. The lowest BCUT2D eigenvalue weighted by Gasteiger charge is -2.18. The third kappa shape index (κ3) is 2.85. The van der Waals surface area contributed by atoms with E-state index in [1.807, 2.05) is 17.8 Å². The van der Waals surface area contributed by atoms with Crippen molar-refractivity contribution in [3.8, 4) is 0 Å². The fourth-order valence-corrected chi connectivity index (χ4v) is 2.07. The summed E-state index contributed by atoms with van der Waals surface area (Å²) in [6.07, 6.45) is 5.00. The van der Waals surface area contributed by atoms with Crippen molar-refractivity contribution >= 4 is 11.6 Å². The lowest BCUT2D eigenvalue weighted by Crippen LogP contribution is -2.30. The molecule has 0 radical (unpaired) electrons. The van der Waals surface area contributed by atoms with Crippen LogP contribution in [0.3, 0.4) is 0 Å². The van der Waals surface area contributed by atoms with Crippen LogP contribution in [-0.2, 0) is 4.74 Å². The average Bonchev–Trinajstić information content (AvgIpc) is 3.12. The van der Waals surface area contributed by atoms with Crippen LogP contribution in [0.1, 0.15) is 35.8 Å². The van der Waals surface area contributed by atoms with Crippen LogP contribution in [0.25, 0.3) is 0 Å². The summed E-state index contributed by atoms with van der Waals surface area (Å²) in [5, 5.41) is 0. The first kappa shape index (κ1) is 13.0. The number of carbonyl (C=O) groups is 1. The first-order valence-corrected chi connectivity index (χ1v) is 6.35. The normalized spacial score (nSPS) is 14.8. The minimum Gasteiger partial charge on any atom is -0.397 e. The van der Waals surface area contributed by atoms with E-state index in [0.717, 1.165) is 19.3 Å². The molecule has 1 aromatic heterocycles. The molecule has 1 aliphatic carbocycles. The van der Waals surface area contributed by atoms with Gasteiger partial charge in [-0.1, -0.05) is 0 Å². The van der Waals surface area contributed by atoms with Crippen LogP contribution in [-0.4, -0.2) is 42.7 Å². The second kappa shape index (κ2) is 5.44. The van der Waals surface area contributed by atoms with Gasteiger partial charge in [-0.3, -0.25) is 4.79 Å². The minimum absolute atomic E-state index is 0.0368. The Morgan fingerprint density at radius 1 is 1.61 bits per heavy atom. The molecule has 2 rings (SSSR count). The van der Waals surface area contributed by atoms with E-state index >= 15 is 0 Å². The second-order valence-electron chi connectivity index (χ2n) is 4.87. The first-order valence-electron chi connectivity index (χ1n) is 6.35. The number of rotatable bonds is 6. The van der Waals surface area contributed by atoms with Crippen molar-refractivity contribution in [2.75, 3.05) is 33.0 Å². The Hall–Kier alpha value is -1.49. The van der Waals surface area contributed by atoms with Crippen LogP contribution in [0.5, 0.6) is 0 Å². The number of nitrogen functional groups attached to an aromatic ring is 1. The van der Waals surface area contributed by atoms with E-state index in [4.69, 9.17) is 10.5 Å². The maximum Gasteiger partial charge on any atom is 0.270 e. The van der Waals surface area contributed by atoms with Gasteiger partial charge in [0.25, 0.3) is 5.91 Å². The third-order valence-electron chi connectivity index (χ3n) is 3.22. The highest BCUT2D eigenvalue weighted by atomic mass is 16.5. The van der Waals surface area contributed by atoms with Crippen LogP contribution in [0.15, 0.2) is 12.3 Å². The van der Waals surface area contributed by atoms with Gasteiger partial charge in [-0.05, 0) is 25.3 Å². The Morgan fingerprint density at radius 2 is 2.33 bits per heavy atom. The molecule has 0 bridgehead atoms. The quantitative estimate of drug-likeness (QED) is 0.780. The maximum absolute atomic E-state index is 12.3. The first-order chi connectivity index (χ1) is 8.63. The summed E-state index contributed by atoms with van der Waals surface area (Å²) in [6, 6.07) is 2.24. The van der Waals surface area contributed by atoms with Crippen LogP contribution in [0, 0.1) is 0 Å². The number of anilines is 1. The SMILES string of the molecule is COCCCN(C)C(=O)c1cc(N)cn1C1CC1. The summed E-state index contributed by atoms with van der Waals surface area (Å²) in [7, 11) is 3.49. The molecule has 1 aromatic rings. The van der Waals surface area contributed by atoms with Crippen molar-refractivity contribution < 1.29 is 9.53 Å². The highest BCUT2D eigenvalue weighted by Gasteiger charge is 2.28. The van der Waals surface area contributed by atoms with E-state index in [0.29, 0.717) is 30.6 Å². The zero-order valence-corrected chi connectivity index (χ0v) is 11.1. The summed E-state index contributed by atoms with van der Waals surface area (Å²) in [4.78, 5) is 14.0. The van der Waals surface area contributed by atoms with E-state index in [-0.39, 0.29) is 5.91 Å². The summed E-state index contributed by atoms with van der Waals surface area (Å²) >= 11 is 0. The van der Waals surface area contributed by atoms with E-state index in [2.05, 4.69) is 0 Å².